The maximum absolute atomic E-state index is 11.9. The van der Waals surface area contributed by atoms with Crippen LogP contribution in [-0.4, -0.2) is 17.5 Å². The van der Waals surface area contributed by atoms with Crippen LogP contribution in [0.15, 0.2) is 36.4 Å². The molecule has 0 bridgehead atoms. The van der Waals surface area contributed by atoms with Crippen molar-refractivity contribution in [2.75, 3.05) is 11.9 Å². The van der Waals surface area contributed by atoms with Crippen molar-refractivity contribution in [3.05, 3.63) is 53.2 Å². The summed E-state index contributed by atoms with van der Waals surface area (Å²) in [7, 11) is 0. The second-order valence-corrected chi connectivity index (χ2v) is 5.67. The Bertz CT molecular complexity index is 666. The molecule has 0 atom stereocenters. The van der Waals surface area contributed by atoms with Gasteiger partial charge in [-0.25, -0.2) is 4.98 Å². The molecule has 2 aromatic rings. The molecule has 22 heavy (non-hydrogen) atoms. The van der Waals surface area contributed by atoms with Crippen LogP contribution < -0.4 is 10.1 Å². The molecule has 0 fully saturated rings. The van der Waals surface area contributed by atoms with Gasteiger partial charge in [0.25, 0.3) is 5.91 Å². The quantitative estimate of drug-likeness (QED) is 0.912. The number of hydrogen-bond donors (Lipinski definition) is 1. The highest BCUT2D eigenvalue weighted by Gasteiger charge is 2.07. The van der Waals surface area contributed by atoms with Gasteiger partial charge in [0.05, 0.1) is 0 Å². The highest BCUT2D eigenvalue weighted by molar-refractivity contribution is 5.90. The highest BCUT2D eigenvalue weighted by Crippen LogP contribution is 2.23. The van der Waals surface area contributed by atoms with Crippen molar-refractivity contribution in [1.82, 2.24) is 4.98 Å². The summed E-state index contributed by atoms with van der Waals surface area (Å²) >= 11 is 0. The number of amides is 1. The average Bonchev–Trinajstić information content (AvgIpc) is 2.45. The van der Waals surface area contributed by atoms with Gasteiger partial charge in [0, 0.05) is 5.69 Å². The second kappa shape index (κ2) is 7.07. The Hall–Kier alpha value is -2.36. The number of pyridine rings is 1. The van der Waals surface area contributed by atoms with Crippen LogP contribution in [0, 0.1) is 13.8 Å². The molecule has 1 aromatic carbocycles. The molecule has 1 amide bonds. The molecule has 1 aromatic heterocycles. The molecule has 0 aliphatic carbocycles. The Morgan fingerprint density at radius 2 is 2.00 bits per heavy atom. The number of anilines is 1. The van der Waals surface area contributed by atoms with Crippen LogP contribution in [0.5, 0.6) is 5.75 Å². The first-order chi connectivity index (χ1) is 10.5. The van der Waals surface area contributed by atoms with E-state index < -0.39 is 0 Å². The number of aromatic nitrogens is 1. The summed E-state index contributed by atoms with van der Waals surface area (Å²) in [6.45, 7) is 8.22. The number of benzene rings is 1. The molecule has 1 N–H and O–H groups in total. The maximum atomic E-state index is 11.9. The molecular weight excluding hydrogens is 276 g/mol. The number of nitrogens with zero attached hydrogens (tertiary/aromatic N) is 1. The van der Waals surface area contributed by atoms with Gasteiger partial charge in [0.2, 0.25) is 0 Å². The van der Waals surface area contributed by atoms with E-state index in [9.17, 15) is 4.79 Å². The lowest BCUT2D eigenvalue weighted by molar-refractivity contribution is -0.118. The Kier molecular flexibility index (Phi) is 5.15. The molecule has 116 valence electrons. The Labute approximate surface area is 131 Å². The van der Waals surface area contributed by atoms with E-state index in [1.165, 1.54) is 11.1 Å². The summed E-state index contributed by atoms with van der Waals surface area (Å²) in [6, 6.07) is 11.4. The van der Waals surface area contributed by atoms with Crippen LogP contribution in [0.3, 0.4) is 0 Å². The van der Waals surface area contributed by atoms with Crippen molar-refractivity contribution < 1.29 is 9.53 Å². The number of aryl methyl sites for hydroxylation is 2. The minimum atomic E-state index is -0.219. The van der Waals surface area contributed by atoms with Gasteiger partial charge in [-0.1, -0.05) is 26.0 Å². The predicted molar refractivity (Wildman–Crippen MR) is 88.4 cm³/mol. The molecule has 0 radical (unpaired) electrons. The fraction of sp³-hybridized carbons (Fsp3) is 0.333. The lowest BCUT2D eigenvalue weighted by Crippen LogP contribution is -2.20. The molecule has 0 aliphatic heterocycles. The normalized spacial score (nSPS) is 10.6. The topological polar surface area (TPSA) is 51.2 Å². The van der Waals surface area contributed by atoms with Gasteiger partial charge >= 0.3 is 0 Å². The third-order valence-electron chi connectivity index (χ3n) is 3.39. The Balaban J connectivity index is 1.92. The van der Waals surface area contributed by atoms with Gasteiger partial charge in [0.1, 0.15) is 11.6 Å². The standard InChI is InChI=1S/C18H22N2O2/c1-12(2)16-9-8-15(10-13(16)3)22-11-18(21)20-17-7-5-6-14(4)19-17/h5-10,12H,11H2,1-4H3,(H,19,20,21). The van der Waals surface area contributed by atoms with E-state index in [1.54, 1.807) is 6.07 Å². The molecule has 0 spiro atoms. The van der Waals surface area contributed by atoms with E-state index in [-0.39, 0.29) is 12.5 Å². The van der Waals surface area contributed by atoms with E-state index in [0.717, 1.165) is 5.69 Å². The van der Waals surface area contributed by atoms with E-state index >= 15 is 0 Å². The van der Waals surface area contributed by atoms with Crippen LogP contribution in [0.4, 0.5) is 5.82 Å². The minimum Gasteiger partial charge on any atom is -0.484 e. The number of hydrogen-bond acceptors (Lipinski definition) is 3. The minimum absolute atomic E-state index is 0.0317. The molecule has 1 heterocycles. The van der Waals surface area contributed by atoms with Gasteiger partial charge in [-0.15, -0.1) is 0 Å². The SMILES string of the molecule is Cc1cccc(NC(=O)COc2ccc(C(C)C)c(C)c2)n1. The summed E-state index contributed by atoms with van der Waals surface area (Å²) in [5, 5.41) is 2.72. The van der Waals surface area contributed by atoms with E-state index in [0.29, 0.717) is 17.5 Å². The van der Waals surface area contributed by atoms with Crippen molar-refractivity contribution in [3.63, 3.8) is 0 Å². The monoisotopic (exact) mass is 298 g/mol. The van der Waals surface area contributed by atoms with Crippen LogP contribution in [0.1, 0.15) is 36.6 Å². The lowest BCUT2D eigenvalue weighted by atomic mass is 9.98. The first-order valence-electron chi connectivity index (χ1n) is 7.42. The average molecular weight is 298 g/mol. The largest absolute Gasteiger partial charge is 0.484 e. The van der Waals surface area contributed by atoms with Crippen LogP contribution in [0.2, 0.25) is 0 Å². The van der Waals surface area contributed by atoms with Crippen LogP contribution in [-0.2, 0) is 4.79 Å². The number of rotatable bonds is 5. The zero-order valence-electron chi connectivity index (χ0n) is 13.5. The van der Waals surface area contributed by atoms with Gasteiger partial charge in [0.15, 0.2) is 6.61 Å². The molecule has 0 saturated heterocycles. The van der Waals surface area contributed by atoms with Crippen molar-refractivity contribution in [3.8, 4) is 5.75 Å². The lowest BCUT2D eigenvalue weighted by Gasteiger charge is -2.12. The van der Waals surface area contributed by atoms with Crippen LogP contribution >= 0.6 is 0 Å². The van der Waals surface area contributed by atoms with E-state index in [2.05, 4.69) is 37.1 Å². The van der Waals surface area contributed by atoms with Gasteiger partial charge in [-0.05, 0) is 55.2 Å². The smallest absolute Gasteiger partial charge is 0.263 e. The van der Waals surface area contributed by atoms with E-state index in [4.69, 9.17) is 4.74 Å². The van der Waals surface area contributed by atoms with Gasteiger partial charge in [-0.2, -0.15) is 0 Å². The molecule has 0 saturated carbocycles. The van der Waals surface area contributed by atoms with Crippen molar-refractivity contribution in [1.29, 1.82) is 0 Å². The summed E-state index contributed by atoms with van der Waals surface area (Å²) < 4.78 is 5.55. The van der Waals surface area contributed by atoms with Gasteiger partial charge < -0.3 is 10.1 Å². The van der Waals surface area contributed by atoms with Gasteiger partial charge in [-0.3, -0.25) is 4.79 Å². The molecule has 2 rings (SSSR count). The number of carbonyl (C=O) groups excluding carboxylic acids is 1. The highest BCUT2D eigenvalue weighted by atomic mass is 16.5. The Morgan fingerprint density at radius 1 is 1.23 bits per heavy atom. The summed E-state index contributed by atoms with van der Waals surface area (Å²) in [6.07, 6.45) is 0. The first kappa shape index (κ1) is 16.0. The molecule has 0 aliphatic rings. The summed E-state index contributed by atoms with van der Waals surface area (Å²) in [5.41, 5.74) is 3.33. The predicted octanol–water partition coefficient (Wildman–Crippen LogP) is 3.84. The number of ether oxygens (including phenoxy) is 1. The van der Waals surface area contributed by atoms with E-state index in [1.807, 2.05) is 31.2 Å². The first-order valence-corrected chi connectivity index (χ1v) is 7.42. The number of nitrogens with one attached hydrogen (secondary N) is 1. The molecule has 0 unspecified atom stereocenters. The fourth-order valence-corrected chi connectivity index (χ4v) is 2.33. The van der Waals surface area contributed by atoms with Crippen molar-refractivity contribution in [2.45, 2.75) is 33.6 Å². The second-order valence-electron chi connectivity index (χ2n) is 5.67. The zero-order valence-corrected chi connectivity index (χ0v) is 13.5. The van der Waals surface area contributed by atoms with Crippen LogP contribution in [0.25, 0.3) is 0 Å². The fourth-order valence-electron chi connectivity index (χ4n) is 2.33. The third-order valence-corrected chi connectivity index (χ3v) is 3.39. The number of carbonyl (C=O) groups is 1. The molecule has 4 nitrogen and oxygen atoms in total. The third kappa shape index (κ3) is 4.32. The molecule has 4 heteroatoms. The summed E-state index contributed by atoms with van der Waals surface area (Å²) in [5.74, 6) is 1.50. The summed E-state index contributed by atoms with van der Waals surface area (Å²) in [4.78, 5) is 16.1. The maximum Gasteiger partial charge on any atom is 0.263 e. The zero-order chi connectivity index (χ0) is 16.1. The molecular formula is C18H22N2O2. The van der Waals surface area contributed by atoms with Crippen molar-refractivity contribution >= 4 is 11.7 Å². The van der Waals surface area contributed by atoms with Crippen molar-refractivity contribution in [2.24, 2.45) is 0 Å². The Morgan fingerprint density at radius 3 is 2.64 bits per heavy atom.